The maximum absolute atomic E-state index is 14.9. The molecule has 2 unspecified atom stereocenters. The van der Waals surface area contributed by atoms with E-state index in [4.69, 9.17) is 19.9 Å². The van der Waals surface area contributed by atoms with E-state index in [-0.39, 0.29) is 24.0 Å². The van der Waals surface area contributed by atoms with E-state index in [2.05, 4.69) is 9.98 Å². The van der Waals surface area contributed by atoms with Gasteiger partial charge in [0.25, 0.3) is 0 Å². The standard InChI is InChI=1S/C20H21FN4O4/c1-25-18(26)14-6-8-28-11-20(14,24-19(25)22)15-9-13(3-4-16(15)21)29-17-10-12(27-2)5-7-23-17/h3-5,7,9-10,14H,6,8,11H2,1-2H3,(H2,22,24). The summed E-state index contributed by atoms with van der Waals surface area (Å²) in [7, 11) is 3.10. The fourth-order valence-corrected chi connectivity index (χ4v) is 3.75. The maximum Gasteiger partial charge on any atom is 0.235 e. The number of amides is 1. The molecular formula is C20H21FN4O4. The fourth-order valence-electron chi connectivity index (χ4n) is 3.75. The third-order valence-electron chi connectivity index (χ3n) is 5.30. The molecule has 2 aliphatic heterocycles. The summed E-state index contributed by atoms with van der Waals surface area (Å²) in [6.45, 7) is 0.447. The van der Waals surface area contributed by atoms with E-state index in [1.807, 2.05) is 0 Å². The Balaban J connectivity index is 1.77. The predicted molar refractivity (Wildman–Crippen MR) is 102 cm³/mol. The molecule has 1 saturated heterocycles. The second-order valence-electron chi connectivity index (χ2n) is 6.96. The summed E-state index contributed by atoms with van der Waals surface area (Å²) in [6.07, 6.45) is 1.96. The van der Waals surface area contributed by atoms with E-state index in [1.165, 1.54) is 30.2 Å². The van der Waals surface area contributed by atoms with Crippen molar-refractivity contribution in [2.75, 3.05) is 27.4 Å². The molecule has 0 spiro atoms. The second-order valence-corrected chi connectivity index (χ2v) is 6.96. The van der Waals surface area contributed by atoms with Crippen LogP contribution in [0.1, 0.15) is 12.0 Å². The van der Waals surface area contributed by atoms with Crippen LogP contribution >= 0.6 is 0 Å². The molecule has 0 bridgehead atoms. The largest absolute Gasteiger partial charge is 0.497 e. The summed E-state index contributed by atoms with van der Waals surface area (Å²) in [6, 6.07) is 7.59. The lowest BCUT2D eigenvalue weighted by atomic mass is 9.74. The number of aromatic nitrogens is 1. The van der Waals surface area contributed by atoms with Crippen molar-refractivity contribution >= 4 is 11.9 Å². The highest BCUT2D eigenvalue weighted by Gasteiger charge is 2.52. The smallest absolute Gasteiger partial charge is 0.235 e. The van der Waals surface area contributed by atoms with E-state index in [0.29, 0.717) is 30.4 Å². The minimum absolute atomic E-state index is 0.0249. The quantitative estimate of drug-likeness (QED) is 0.843. The molecule has 3 heterocycles. The second kappa shape index (κ2) is 7.32. The highest BCUT2D eigenvalue weighted by atomic mass is 19.1. The molecule has 1 aromatic heterocycles. The van der Waals surface area contributed by atoms with E-state index >= 15 is 0 Å². The zero-order chi connectivity index (χ0) is 20.6. The Bertz CT molecular complexity index is 983. The lowest BCUT2D eigenvalue weighted by molar-refractivity contribution is -0.140. The molecule has 0 radical (unpaired) electrons. The van der Waals surface area contributed by atoms with Crippen LogP contribution in [0.3, 0.4) is 0 Å². The average Bonchev–Trinajstić information content (AvgIpc) is 2.73. The molecule has 2 aliphatic rings. The third kappa shape index (κ3) is 3.27. The molecule has 8 nitrogen and oxygen atoms in total. The fraction of sp³-hybridized carbons (Fsp3) is 0.350. The first-order valence-electron chi connectivity index (χ1n) is 9.13. The number of halogens is 1. The lowest BCUT2D eigenvalue weighted by Crippen LogP contribution is -2.58. The normalized spacial score (nSPS) is 24.0. The average molecular weight is 400 g/mol. The van der Waals surface area contributed by atoms with Crippen molar-refractivity contribution in [3.8, 4) is 17.4 Å². The molecule has 152 valence electrons. The number of carbonyl (C=O) groups excluding carboxylic acids is 1. The van der Waals surface area contributed by atoms with Crippen molar-refractivity contribution in [2.45, 2.75) is 12.0 Å². The van der Waals surface area contributed by atoms with Crippen molar-refractivity contribution < 1.29 is 23.4 Å². The van der Waals surface area contributed by atoms with Crippen molar-refractivity contribution in [3.05, 3.63) is 47.9 Å². The summed E-state index contributed by atoms with van der Waals surface area (Å²) < 4.78 is 31.5. The van der Waals surface area contributed by atoms with E-state index in [0.717, 1.165) is 0 Å². The number of nitrogens with two attached hydrogens (primary N) is 1. The highest BCUT2D eigenvalue weighted by molar-refractivity contribution is 6.00. The molecule has 1 fully saturated rings. The van der Waals surface area contributed by atoms with Crippen molar-refractivity contribution in [1.29, 1.82) is 0 Å². The number of hydrogen-bond acceptors (Lipinski definition) is 7. The summed E-state index contributed by atoms with van der Waals surface area (Å²) in [5.74, 6) is -0.0548. The monoisotopic (exact) mass is 400 g/mol. The lowest BCUT2D eigenvalue weighted by Gasteiger charge is -2.45. The Morgan fingerprint density at radius 3 is 2.93 bits per heavy atom. The van der Waals surface area contributed by atoms with Crippen LogP contribution < -0.4 is 15.2 Å². The molecule has 9 heteroatoms. The Labute approximate surface area is 167 Å². The van der Waals surface area contributed by atoms with Crippen LogP contribution in [-0.4, -0.2) is 49.1 Å². The maximum atomic E-state index is 14.9. The van der Waals surface area contributed by atoms with Crippen LogP contribution in [0.5, 0.6) is 17.4 Å². The number of nitrogens with zero attached hydrogens (tertiary/aromatic N) is 3. The summed E-state index contributed by atoms with van der Waals surface area (Å²) in [5, 5.41) is 0. The van der Waals surface area contributed by atoms with Crippen LogP contribution in [0.25, 0.3) is 0 Å². The van der Waals surface area contributed by atoms with Gasteiger partial charge in [-0.2, -0.15) is 0 Å². The number of pyridine rings is 1. The molecular weight excluding hydrogens is 379 g/mol. The van der Waals surface area contributed by atoms with Crippen molar-refractivity contribution in [3.63, 3.8) is 0 Å². The number of benzene rings is 1. The number of fused-ring (bicyclic) bond motifs is 1. The summed E-state index contributed by atoms with van der Waals surface area (Å²) in [5.41, 5.74) is 4.93. The molecule has 1 amide bonds. The number of rotatable bonds is 4. The summed E-state index contributed by atoms with van der Waals surface area (Å²) in [4.78, 5) is 22.8. The van der Waals surface area contributed by atoms with Gasteiger partial charge in [-0.05, 0) is 30.7 Å². The van der Waals surface area contributed by atoms with Crippen LogP contribution in [0.15, 0.2) is 41.5 Å². The molecule has 0 saturated carbocycles. The zero-order valence-corrected chi connectivity index (χ0v) is 16.1. The first-order chi connectivity index (χ1) is 13.9. The summed E-state index contributed by atoms with van der Waals surface area (Å²) >= 11 is 0. The molecule has 2 aromatic rings. The van der Waals surface area contributed by atoms with Gasteiger partial charge >= 0.3 is 0 Å². The molecule has 1 aromatic carbocycles. The van der Waals surface area contributed by atoms with Crippen LogP contribution in [0.4, 0.5) is 4.39 Å². The molecule has 2 N–H and O–H groups in total. The van der Waals surface area contributed by atoms with Gasteiger partial charge in [0.15, 0.2) is 5.96 Å². The number of hydrogen-bond donors (Lipinski definition) is 1. The first kappa shape index (κ1) is 19.1. The predicted octanol–water partition coefficient (Wildman–Crippen LogP) is 2.04. The number of ether oxygens (including phenoxy) is 3. The van der Waals surface area contributed by atoms with Gasteiger partial charge in [0, 0.05) is 31.5 Å². The third-order valence-corrected chi connectivity index (χ3v) is 5.30. The van der Waals surface area contributed by atoms with E-state index in [1.54, 1.807) is 25.4 Å². The minimum Gasteiger partial charge on any atom is -0.497 e. The Kier molecular flexibility index (Phi) is 4.83. The first-order valence-corrected chi connectivity index (χ1v) is 9.13. The topological polar surface area (TPSA) is 99.3 Å². The SMILES string of the molecule is COc1ccnc(Oc2ccc(F)c(C34COCCC3C(=O)N(C)C(N)=N4)c2)c1. The van der Waals surface area contributed by atoms with E-state index < -0.39 is 17.3 Å². The minimum atomic E-state index is -1.24. The van der Waals surface area contributed by atoms with Gasteiger partial charge in [0.1, 0.15) is 22.9 Å². The van der Waals surface area contributed by atoms with Gasteiger partial charge in [-0.15, -0.1) is 0 Å². The van der Waals surface area contributed by atoms with Gasteiger partial charge < -0.3 is 19.9 Å². The van der Waals surface area contributed by atoms with E-state index in [9.17, 15) is 9.18 Å². The zero-order valence-electron chi connectivity index (χ0n) is 16.1. The Morgan fingerprint density at radius 2 is 2.14 bits per heavy atom. The number of methoxy groups -OCH3 is 1. The Morgan fingerprint density at radius 1 is 1.31 bits per heavy atom. The molecule has 29 heavy (non-hydrogen) atoms. The Hall–Kier alpha value is -3.20. The van der Waals surface area contributed by atoms with Crippen molar-refractivity contribution in [1.82, 2.24) is 9.88 Å². The highest BCUT2D eigenvalue weighted by Crippen LogP contribution is 2.44. The van der Waals surface area contributed by atoms with Crippen LogP contribution in [0.2, 0.25) is 0 Å². The molecule has 4 rings (SSSR count). The number of guanidine groups is 1. The van der Waals surface area contributed by atoms with Gasteiger partial charge in [-0.3, -0.25) is 9.69 Å². The van der Waals surface area contributed by atoms with Gasteiger partial charge in [-0.25, -0.2) is 14.4 Å². The molecule has 2 atom stereocenters. The van der Waals surface area contributed by atoms with Crippen LogP contribution in [-0.2, 0) is 15.1 Å². The number of carbonyl (C=O) groups is 1. The molecule has 0 aliphatic carbocycles. The van der Waals surface area contributed by atoms with Gasteiger partial charge in [0.2, 0.25) is 11.8 Å². The van der Waals surface area contributed by atoms with Gasteiger partial charge in [0.05, 0.1) is 19.6 Å². The van der Waals surface area contributed by atoms with Crippen LogP contribution in [0, 0.1) is 11.7 Å². The number of aliphatic imine (C=N–C) groups is 1. The van der Waals surface area contributed by atoms with Gasteiger partial charge in [-0.1, -0.05) is 0 Å². The van der Waals surface area contributed by atoms with Crippen molar-refractivity contribution in [2.24, 2.45) is 16.6 Å².